The predicted octanol–water partition coefficient (Wildman–Crippen LogP) is 1.27. The van der Waals surface area contributed by atoms with E-state index in [1.54, 1.807) is 29.2 Å². The Kier molecular flexibility index (Phi) is 6.55. The normalized spacial score (nSPS) is 20.6. The molecule has 1 aromatic carbocycles. The van der Waals surface area contributed by atoms with Gasteiger partial charge in [0.05, 0.1) is 17.5 Å². The quantitative estimate of drug-likeness (QED) is 0.724. The van der Waals surface area contributed by atoms with Crippen molar-refractivity contribution in [3.8, 4) is 0 Å². The van der Waals surface area contributed by atoms with Crippen molar-refractivity contribution in [2.75, 3.05) is 29.9 Å². The van der Waals surface area contributed by atoms with Gasteiger partial charge in [0.15, 0.2) is 9.84 Å². The van der Waals surface area contributed by atoms with E-state index in [4.69, 9.17) is 0 Å². The highest BCUT2D eigenvalue weighted by Crippen LogP contribution is 2.22. The van der Waals surface area contributed by atoms with Gasteiger partial charge in [-0.25, -0.2) is 13.4 Å². The molecule has 1 fully saturated rings. The van der Waals surface area contributed by atoms with Crippen molar-refractivity contribution in [2.45, 2.75) is 39.2 Å². The highest BCUT2D eigenvalue weighted by Gasteiger charge is 2.37. The first-order chi connectivity index (χ1) is 14.2. The first-order valence-corrected chi connectivity index (χ1v) is 11.9. The van der Waals surface area contributed by atoms with E-state index in [-0.39, 0.29) is 41.9 Å². The smallest absolute Gasteiger partial charge is 0.271 e. The second-order valence-corrected chi connectivity index (χ2v) is 9.58. The van der Waals surface area contributed by atoms with Crippen LogP contribution in [0.4, 0.5) is 5.69 Å². The molecule has 162 valence electrons. The van der Waals surface area contributed by atoms with Crippen molar-refractivity contribution < 1.29 is 22.8 Å². The summed E-state index contributed by atoms with van der Waals surface area (Å²) < 4.78 is 23.5. The minimum Gasteiger partial charge on any atom is -0.339 e. The summed E-state index contributed by atoms with van der Waals surface area (Å²) >= 11 is 0. The van der Waals surface area contributed by atoms with Crippen LogP contribution in [0.1, 0.15) is 43.5 Å². The number of hydrogen-bond acceptors (Lipinski definition) is 6. The average Bonchev–Trinajstić information content (AvgIpc) is 3.08. The van der Waals surface area contributed by atoms with Crippen LogP contribution in [0.5, 0.6) is 0 Å². The van der Waals surface area contributed by atoms with Gasteiger partial charge in [-0.1, -0.05) is 6.07 Å². The van der Waals surface area contributed by atoms with Gasteiger partial charge in [-0.2, -0.15) is 5.10 Å². The predicted molar refractivity (Wildman–Crippen MR) is 113 cm³/mol. The number of carbonyl (C=O) groups excluding carboxylic acids is 3. The fraction of sp³-hybridized carbons (Fsp3) is 0.500. The van der Waals surface area contributed by atoms with Gasteiger partial charge in [0.2, 0.25) is 5.91 Å². The maximum atomic E-state index is 12.7. The van der Waals surface area contributed by atoms with Gasteiger partial charge >= 0.3 is 0 Å². The van der Waals surface area contributed by atoms with Crippen LogP contribution < -0.4 is 5.32 Å². The number of hydrazone groups is 1. The third-order valence-corrected chi connectivity index (χ3v) is 7.04. The summed E-state index contributed by atoms with van der Waals surface area (Å²) in [4.78, 5) is 39.1. The summed E-state index contributed by atoms with van der Waals surface area (Å²) in [5.41, 5.74) is 1.09. The largest absolute Gasteiger partial charge is 0.339 e. The highest BCUT2D eigenvalue weighted by molar-refractivity contribution is 7.91. The zero-order chi connectivity index (χ0) is 21.9. The average molecular weight is 435 g/mol. The minimum atomic E-state index is -3.18. The number of anilines is 1. The molecule has 3 amide bonds. The van der Waals surface area contributed by atoms with Crippen LogP contribution in [0.2, 0.25) is 0 Å². The molecule has 0 aromatic heterocycles. The monoisotopic (exact) mass is 434 g/mol. The van der Waals surface area contributed by atoms with E-state index in [9.17, 15) is 22.8 Å². The van der Waals surface area contributed by atoms with Crippen molar-refractivity contribution in [1.29, 1.82) is 0 Å². The lowest BCUT2D eigenvalue weighted by molar-refractivity contribution is -0.133. The molecular formula is C20H26N4O5S. The third-order valence-electron chi connectivity index (χ3n) is 5.29. The molecule has 3 rings (SSSR count). The summed E-state index contributed by atoms with van der Waals surface area (Å²) in [6.45, 7) is 4.97. The van der Waals surface area contributed by atoms with E-state index in [0.29, 0.717) is 30.8 Å². The van der Waals surface area contributed by atoms with Crippen molar-refractivity contribution >= 4 is 39.0 Å². The molecule has 9 nitrogen and oxygen atoms in total. The second kappa shape index (κ2) is 8.95. The SMILES string of the molecule is CCN(CC)C(=O)c1cccc(NC(=O)C2=NN(C3CCS(=O)(=O)C3)C(=O)CC2)c1. The Morgan fingerprint density at radius 3 is 2.60 bits per heavy atom. The molecule has 1 aromatic rings. The van der Waals surface area contributed by atoms with E-state index in [0.717, 1.165) is 5.01 Å². The molecule has 0 saturated carbocycles. The van der Waals surface area contributed by atoms with Gasteiger partial charge in [-0.3, -0.25) is 14.4 Å². The third kappa shape index (κ3) is 4.86. The number of carbonyl (C=O) groups is 3. The number of amides is 3. The van der Waals surface area contributed by atoms with Crippen molar-refractivity contribution in [3.63, 3.8) is 0 Å². The van der Waals surface area contributed by atoms with Crippen LogP contribution in [-0.4, -0.2) is 72.4 Å². The fourth-order valence-corrected chi connectivity index (χ4v) is 5.31. The van der Waals surface area contributed by atoms with Crippen LogP contribution in [0.3, 0.4) is 0 Å². The Balaban J connectivity index is 1.74. The fourth-order valence-electron chi connectivity index (χ4n) is 3.61. The van der Waals surface area contributed by atoms with Crippen molar-refractivity contribution in [2.24, 2.45) is 5.10 Å². The van der Waals surface area contributed by atoms with E-state index in [1.165, 1.54) is 0 Å². The van der Waals surface area contributed by atoms with E-state index in [1.807, 2.05) is 13.8 Å². The van der Waals surface area contributed by atoms with Gasteiger partial charge in [0.25, 0.3) is 11.8 Å². The maximum Gasteiger partial charge on any atom is 0.271 e. The topological polar surface area (TPSA) is 116 Å². The lowest BCUT2D eigenvalue weighted by Crippen LogP contribution is -2.42. The molecule has 2 heterocycles. The Bertz CT molecular complexity index is 985. The molecule has 2 aliphatic rings. The highest BCUT2D eigenvalue weighted by atomic mass is 32.2. The molecule has 1 unspecified atom stereocenters. The Labute approximate surface area is 176 Å². The molecule has 0 bridgehead atoms. The zero-order valence-corrected chi connectivity index (χ0v) is 17.9. The molecule has 30 heavy (non-hydrogen) atoms. The lowest BCUT2D eigenvalue weighted by Gasteiger charge is -2.27. The van der Waals surface area contributed by atoms with E-state index >= 15 is 0 Å². The van der Waals surface area contributed by atoms with Crippen molar-refractivity contribution in [1.82, 2.24) is 9.91 Å². The number of sulfone groups is 1. The molecule has 0 aliphatic carbocycles. The molecule has 0 radical (unpaired) electrons. The Morgan fingerprint density at radius 1 is 1.23 bits per heavy atom. The number of nitrogens with zero attached hydrogens (tertiary/aromatic N) is 3. The van der Waals surface area contributed by atoms with E-state index in [2.05, 4.69) is 10.4 Å². The summed E-state index contributed by atoms with van der Waals surface area (Å²) in [7, 11) is -3.18. The molecule has 10 heteroatoms. The minimum absolute atomic E-state index is 0.0197. The van der Waals surface area contributed by atoms with Crippen LogP contribution in [0.25, 0.3) is 0 Å². The Hall–Kier alpha value is -2.75. The lowest BCUT2D eigenvalue weighted by atomic mass is 10.1. The van der Waals surface area contributed by atoms with Gasteiger partial charge in [-0.15, -0.1) is 0 Å². The summed E-state index contributed by atoms with van der Waals surface area (Å²) in [5, 5.41) is 8.05. The van der Waals surface area contributed by atoms with Gasteiger partial charge < -0.3 is 10.2 Å². The summed E-state index contributed by atoms with van der Waals surface area (Å²) in [6.07, 6.45) is 0.601. The van der Waals surface area contributed by atoms with Gasteiger partial charge in [0.1, 0.15) is 5.71 Å². The van der Waals surface area contributed by atoms with Crippen LogP contribution in [0.15, 0.2) is 29.4 Å². The number of nitrogens with one attached hydrogen (secondary N) is 1. The van der Waals surface area contributed by atoms with Crippen LogP contribution in [0, 0.1) is 0 Å². The second-order valence-electron chi connectivity index (χ2n) is 7.35. The summed E-state index contributed by atoms with van der Waals surface area (Å²) in [6, 6.07) is 6.13. The van der Waals surface area contributed by atoms with Crippen LogP contribution >= 0.6 is 0 Å². The first kappa shape index (κ1) is 21.9. The molecule has 1 atom stereocenters. The maximum absolute atomic E-state index is 12.7. The molecule has 2 aliphatic heterocycles. The molecule has 1 saturated heterocycles. The number of hydrogen-bond donors (Lipinski definition) is 1. The zero-order valence-electron chi connectivity index (χ0n) is 17.1. The molecular weight excluding hydrogens is 408 g/mol. The van der Waals surface area contributed by atoms with Gasteiger partial charge in [0, 0.05) is 37.2 Å². The van der Waals surface area contributed by atoms with E-state index < -0.39 is 21.8 Å². The first-order valence-electron chi connectivity index (χ1n) is 10.0. The molecule has 1 N–H and O–H groups in total. The Morgan fingerprint density at radius 2 is 1.97 bits per heavy atom. The van der Waals surface area contributed by atoms with Gasteiger partial charge in [-0.05, 0) is 38.5 Å². The van der Waals surface area contributed by atoms with Crippen LogP contribution in [-0.2, 0) is 19.4 Å². The number of benzene rings is 1. The molecule has 0 spiro atoms. The summed E-state index contributed by atoms with van der Waals surface area (Å²) in [5.74, 6) is -0.981. The standard InChI is InChI=1S/C20H26N4O5S/c1-3-23(4-2)20(27)14-6-5-7-15(12-14)21-19(26)17-8-9-18(25)24(22-17)16-10-11-30(28,29)13-16/h5-7,12,16H,3-4,8-11,13H2,1-2H3,(H,21,26). The number of rotatable bonds is 6. The van der Waals surface area contributed by atoms with Crippen molar-refractivity contribution in [3.05, 3.63) is 29.8 Å².